The van der Waals surface area contributed by atoms with Gasteiger partial charge in [0.25, 0.3) is 0 Å². The van der Waals surface area contributed by atoms with Crippen molar-refractivity contribution in [2.45, 2.75) is 45.8 Å². The van der Waals surface area contributed by atoms with E-state index in [4.69, 9.17) is 4.98 Å². The van der Waals surface area contributed by atoms with Crippen molar-refractivity contribution in [2.24, 2.45) is 0 Å². The van der Waals surface area contributed by atoms with Crippen LogP contribution in [0, 0.1) is 13.8 Å². The van der Waals surface area contributed by atoms with Crippen LogP contribution < -0.4 is 0 Å². The summed E-state index contributed by atoms with van der Waals surface area (Å²) in [5.41, 5.74) is 4.17. The number of benzene rings is 1. The topological polar surface area (TPSA) is 36.4 Å². The van der Waals surface area contributed by atoms with Gasteiger partial charge in [-0.3, -0.25) is 9.88 Å². The van der Waals surface area contributed by atoms with E-state index in [-0.39, 0.29) is 6.04 Å². The quantitative estimate of drug-likeness (QED) is 0.939. The molecule has 2 atom stereocenters. The molecule has 112 valence electrons. The average molecular weight is 284 g/mol. The first-order valence-electron chi connectivity index (χ1n) is 7.90. The van der Waals surface area contributed by atoms with Crippen LogP contribution in [0.1, 0.15) is 42.7 Å². The summed E-state index contributed by atoms with van der Waals surface area (Å²) in [7, 11) is 0. The number of likely N-dealkylation sites (tertiary alicyclic amines) is 1. The van der Waals surface area contributed by atoms with Crippen molar-refractivity contribution < 1.29 is 5.11 Å². The van der Waals surface area contributed by atoms with E-state index in [1.54, 1.807) is 0 Å². The van der Waals surface area contributed by atoms with Gasteiger partial charge >= 0.3 is 0 Å². The number of likely N-dealkylation sites (N-methyl/N-ethyl adjacent to an activating group) is 1. The molecule has 0 aliphatic carbocycles. The number of rotatable bonds is 3. The maximum Gasteiger partial charge on any atom is 0.0966 e. The highest BCUT2D eigenvalue weighted by atomic mass is 16.3. The Labute approximate surface area is 126 Å². The molecule has 0 spiro atoms. The summed E-state index contributed by atoms with van der Waals surface area (Å²) in [6.07, 6.45) is 1.79. The summed E-state index contributed by atoms with van der Waals surface area (Å²) in [6, 6.07) is 8.53. The molecule has 1 fully saturated rings. The van der Waals surface area contributed by atoms with Gasteiger partial charge in [0, 0.05) is 22.7 Å². The Morgan fingerprint density at radius 3 is 2.95 bits per heavy atom. The summed E-state index contributed by atoms with van der Waals surface area (Å²) in [5, 5.41) is 12.0. The Hall–Kier alpha value is -1.45. The molecule has 1 saturated heterocycles. The first-order chi connectivity index (χ1) is 10.1. The third-order valence-corrected chi connectivity index (χ3v) is 4.82. The van der Waals surface area contributed by atoms with Crippen molar-refractivity contribution in [3.05, 3.63) is 41.1 Å². The van der Waals surface area contributed by atoms with Gasteiger partial charge in [0.1, 0.15) is 0 Å². The van der Waals surface area contributed by atoms with Crippen LogP contribution in [0.15, 0.2) is 24.3 Å². The number of para-hydroxylation sites is 1. The number of aliphatic hydroxyl groups excluding tert-OH is 1. The van der Waals surface area contributed by atoms with Crippen molar-refractivity contribution in [2.75, 3.05) is 13.1 Å². The third-order valence-electron chi connectivity index (χ3n) is 4.82. The van der Waals surface area contributed by atoms with Crippen LogP contribution in [0.3, 0.4) is 0 Å². The molecule has 21 heavy (non-hydrogen) atoms. The third kappa shape index (κ3) is 2.56. The van der Waals surface area contributed by atoms with E-state index in [0.717, 1.165) is 41.7 Å². The van der Waals surface area contributed by atoms with Gasteiger partial charge in [0.05, 0.1) is 11.6 Å². The standard InChI is InChI=1S/C18H24N2O/c1-4-20-10-6-9-16(20)18(21)15-8-5-7-14-11-12(2)13(3)19-17(14)15/h5,7-8,11,16,18,21H,4,6,9-10H2,1-3H3. The fraction of sp³-hybridized carbons (Fsp3) is 0.500. The first-order valence-corrected chi connectivity index (χ1v) is 7.90. The normalized spacial score (nSPS) is 21.0. The lowest BCUT2D eigenvalue weighted by molar-refractivity contribution is 0.0764. The molecule has 0 amide bonds. The van der Waals surface area contributed by atoms with Crippen molar-refractivity contribution >= 4 is 10.9 Å². The zero-order valence-corrected chi connectivity index (χ0v) is 13.1. The largest absolute Gasteiger partial charge is 0.387 e. The number of aliphatic hydroxyl groups is 1. The number of aryl methyl sites for hydroxylation is 2. The van der Waals surface area contributed by atoms with Crippen LogP contribution in [0.4, 0.5) is 0 Å². The second kappa shape index (κ2) is 5.74. The smallest absolute Gasteiger partial charge is 0.0966 e. The van der Waals surface area contributed by atoms with E-state index in [9.17, 15) is 5.11 Å². The molecule has 1 aliphatic rings. The maximum atomic E-state index is 10.9. The number of nitrogens with zero attached hydrogens (tertiary/aromatic N) is 2. The van der Waals surface area contributed by atoms with Gasteiger partial charge in [-0.15, -0.1) is 0 Å². The number of pyridine rings is 1. The van der Waals surface area contributed by atoms with Gasteiger partial charge < -0.3 is 5.11 Å². The lowest BCUT2D eigenvalue weighted by Crippen LogP contribution is -2.34. The number of aromatic nitrogens is 1. The fourth-order valence-corrected chi connectivity index (χ4v) is 3.47. The highest BCUT2D eigenvalue weighted by Gasteiger charge is 2.31. The van der Waals surface area contributed by atoms with Crippen molar-refractivity contribution in [3.8, 4) is 0 Å². The minimum absolute atomic E-state index is 0.226. The zero-order valence-electron chi connectivity index (χ0n) is 13.1. The zero-order chi connectivity index (χ0) is 15.0. The second-order valence-corrected chi connectivity index (χ2v) is 6.09. The summed E-state index contributed by atoms with van der Waals surface area (Å²) < 4.78 is 0. The monoisotopic (exact) mass is 284 g/mol. The SMILES string of the molecule is CCN1CCCC1C(O)c1cccc2cc(C)c(C)nc12. The molecule has 2 heterocycles. The van der Waals surface area contributed by atoms with Gasteiger partial charge in [-0.1, -0.05) is 25.1 Å². The summed E-state index contributed by atoms with van der Waals surface area (Å²) >= 11 is 0. The lowest BCUT2D eigenvalue weighted by atomic mass is 9.97. The van der Waals surface area contributed by atoms with Crippen LogP contribution >= 0.6 is 0 Å². The van der Waals surface area contributed by atoms with Crippen LogP contribution in [0.5, 0.6) is 0 Å². The highest BCUT2D eigenvalue weighted by molar-refractivity contribution is 5.83. The molecule has 2 aromatic rings. The molecule has 0 saturated carbocycles. The number of hydrogen-bond acceptors (Lipinski definition) is 3. The van der Waals surface area contributed by atoms with E-state index in [0.29, 0.717) is 0 Å². The summed E-state index contributed by atoms with van der Waals surface area (Å²) in [4.78, 5) is 7.12. The molecule has 3 rings (SSSR count). The Bertz CT molecular complexity index is 653. The van der Waals surface area contributed by atoms with Crippen molar-refractivity contribution in [1.29, 1.82) is 0 Å². The van der Waals surface area contributed by atoms with Crippen LogP contribution in [-0.2, 0) is 0 Å². The molecule has 3 nitrogen and oxygen atoms in total. The molecule has 1 aliphatic heterocycles. The van der Waals surface area contributed by atoms with Gasteiger partial charge in [0.15, 0.2) is 0 Å². The summed E-state index contributed by atoms with van der Waals surface area (Å²) in [6.45, 7) is 8.37. The minimum atomic E-state index is -0.453. The van der Waals surface area contributed by atoms with E-state index in [2.05, 4.69) is 30.9 Å². The van der Waals surface area contributed by atoms with E-state index >= 15 is 0 Å². The molecule has 0 radical (unpaired) electrons. The molecule has 1 aromatic carbocycles. The van der Waals surface area contributed by atoms with Gasteiger partial charge in [-0.05, 0) is 51.4 Å². The molecule has 2 unspecified atom stereocenters. The van der Waals surface area contributed by atoms with Gasteiger partial charge in [-0.2, -0.15) is 0 Å². The van der Waals surface area contributed by atoms with Crippen molar-refractivity contribution in [1.82, 2.24) is 9.88 Å². The predicted octanol–water partition coefficient (Wildman–Crippen LogP) is 3.37. The van der Waals surface area contributed by atoms with Crippen LogP contribution in [0.2, 0.25) is 0 Å². The van der Waals surface area contributed by atoms with E-state index < -0.39 is 6.10 Å². The molecular formula is C18H24N2O. The number of fused-ring (bicyclic) bond motifs is 1. The number of hydrogen-bond donors (Lipinski definition) is 1. The Morgan fingerprint density at radius 2 is 2.19 bits per heavy atom. The molecule has 1 N–H and O–H groups in total. The molecule has 0 bridgehead atoms. The van der Waals surface area contributed by atoms with E-state index in [1.807, 2.05) is 19.1 Å². The molecule has 1 aromatic heterocycles. The van der Waals surface area contributed by atoms with E-state index in [1.165, 1.54) is 12.0 Å². The van der Waals surface area contributed by atoms with Crippen LogP contribution in [0.25, 0.3) is 10.9 Å². The maximum absolute atomic E-state index is 10.9. The van der Waals surface area contributed by atoms with Crippen molar-refractivity contribution in [3.63, 3.8) is 0 Å². The highest BCUT2D eigenvalue weighted by Crippen LogP contribution is 2.32. The van der Waals surface area contributed by atoms with Crippen LogP contribution in [-0.4, -0.2) is 34.1 Å². The van der Waals surface area contributed by atoms with Gasteiger partial charge in [-0.25, -0.2) is 0 Å². The molecular weight excluding hydrogens is 260 g/mol. The molecule has 3 heteroatoms. The Morgan fingerprint density at radius 1 is 1.38 bits per heavy atom. The first kappa shape index (κ1) is 14.5. The second-order valence-electron chi connectivity index (χ2n) is 6.09. The Kier molecular flexibility index (Phi) is 3.96. The summed E-state index contributed by atoms with van der Waals surface area (Å²) in [5.74, 6) is 0. The average Bonchev–Trinajstić information content (AvgIpc) is 2.95. The fourth-order valence-electron chi connectivity index (χ4n) is 3.47. The predicted molar refractivity (Wildman–Crippen MR) is 86.4 cm³/mol. The Balaban J connectivity index is 2.05. The minimum Gasteiger partial charge on any atom is -0.387 e. The van der Waals surface area contributed by atoms with Gasteiger partial charge in [0.2, 0.25) is 0 Å². The lowest BCUT2D eigenvalue weighted by Gasteiger charge is -2.28.